The Balaban J connectivity index is 2.15. The van der Waals surface area contributed by atoms with Crippen molar-refractivity contribution in [1.29, 1.82) is 0 Å². The first-order chi connectivity index (χ1) is 9.99. The zero-order valence-corrected chi connectivity index (χ0v) is 13.3. The number of aryl methyl sites for hydroxylation is 1. The van der Waals surface area contributed by atoms with E-state index in [9.17, 15) is 8.42 Å². The van der Waals surface area contributed by atoms with Crippen LogP contribution in [0.4, 0.5) is 5.69 Å². The number of halogens is 1. The average molecular weight is 340 g/mol. The molecular formula is C13H10ClN3O2S2. The molecule has 1 N–H and O–H groups in total. The Morgan fingerprint density at radius 1 is 1.14 bits per heavy atom. The molecule has 0 aliphatic rings. The van der Waals surface area contributed by atoms with E-state index in [1.165, 1.54) is 6.07 Å². The van der Waals surface area contributed by atoms with Crippen molar-refractivity contribution < 1.29 is 8.42 Å². The van der Waals surface area contributed by atoms with Crippen LogP contribution >= 0.6 is 23.3 Å². The molecular weight excluding hydrogens is 330 g/mol. The Kier molecular flexibility index (Phi) is 3.56. The SMILES string of the molecule is Cc1ccccc1NS(=O)(=O)c1c(Cl)ccc2nsnc12. The average Bonchev–Trinajstić information content (AvgIpc) is 2.88. The fourth-order valence-corrected chi connectivity index (χ4v) is 4.35. The quantitative estimate of drug-likeness (QED) is 0.793. The van der Waals surface area contributed by atoms with Gasteiger partial charge in [0.25, 0.3) is 10.0 Å². The molecule has 0 amide bonds. The molecule has 0 aliphatic carbocycles. The maximum absolute atomic E-state index is 12.6. The monoisotopic (exact) mass is 339 g/mol. The van der Waals surface area contributed by atoms with Gasteiger partial charge in [-0.15, -0.1) is 0 Å². The van der Waals surface area contributed by atoms with Crippen LogP contribution in [-0.2, 0) is 10.0 Å². The Morgan fingerprint density at radius 2 is 1.90 bits per heavy atom. The summed E-state index contributed by atoms with van der Waals surface area (Å²) in [5.41, 5.74) is 2.12. The molecule has 0 radical (unpaired) electrons. The van der Waals surface area contributed by atoms with Crippen LogP contribution in [0.15, 0.2) is 41.3 Å². The van der Waals surface area contributed by atoms with Gasteiger partial charge in [0, 0.05) is 0 Å². The van der Waals surface area contributed by atoms with E-state index in [0.717, 1.165) is 17.3 Å². The smallest absolute Gasteiger partial charge is 0.265 e. The van der Waals surface area contributed by atoms with Gasteiger partial charge in [-0.3, -0.25) is 4.72 Å². The lowest BCUT2D eigenvalue weighted by Crippen LogP contribution is -2.14. The highest BCUT2D eigenvalue weighted by Gasteiger charge is 2.24. The summed E-state index contributed by atoms with van der Waals surface area (Å²) < 4.78 is 35.9. The van der Waals surface area contributed by atoms with Crippen LogP contribution in [0.1, 0.15) is 5.56 Å². The molecule has 0 saturated carbocycles. The summed E-state index contributed by atoms with van der Waals surface area (Å²) in [4.78, 5) is -0.0429. The molecule has 5 nitrogen and oxygen atoms in total. The number of benzene rings is 2. The first kappa shape index (κ1) is 14.2. The molecule has 0 saturated heterocycles. The van der Waals surface area contributed by atoms with Gasteiger partial charge in [0.15, 0.2) is 0 Å². The normalized spacial score (nSPS) is 11.7. The van der Waals surface area contributed by atoms with Gasteiger partial charge in [0.05, 0.1) is 22.4 Å². The fourth-order valence-electron chi connectivity index (χ4n) is 1.94. The Labute approximate surface area is 131 Å². The number of nitrogens with zero attached hydrogens (tertiary/aromatic N) is 2. The Morgan fingerprint density at radius 3 is 2.67 bits per heavy atom. The third-order valence-corrected chi connectivity index (χ3v) is 5.40. The Hall–Kier alpha value is -1.70. The van der Waals surface area contributed by atoms with Gasteiger partial charge >= 0.3 is 0 Å². The number of fused-ring (bicyclic) bond motifs is 1. The maximum atomic E-state index is 12.6. The second-order valence-corrected chi connectivity index (χ2v) is 6.98. The molecule has 1 heterocycles. The lowest BCUT2D eigenvalue weighted by atomic mass is 10.2. The number of hydrogen-bond acceptors (Lipinski definition) is 5. The predicted octanol–water partition coefficient (Wildman–Crippen LogP) is 3.45. The topological polar surface area (TPSA) is 72.0 Å². The molecule has 0 bridgehead atoms. The number of anilines is 1. The highest BCUT2D eigenvalue weighted by atomic mass is 35.5. The number of aromatic nitrogens is 2. The molecule has 0 atom stereocenters. The molecule has 3 rings (SSSR count). The molecule has 0 spiro atoms. The summed E-state index contributed by atoms with van der Waals surface area (Å²) in [5.74, 6) is 0. The van der Waals surface area contributed by atoms with Gasteiger partial charge < -0.3 is 0 Å². The van der Waals surface area contributed by atoms with Crippen molar-refractivity contribution in [2.24, 2.45) is 0 Å². The van der Waals surface area contributed by atoms with Crippen LogP contribution in [0.2, 0.25) is 5.02 Å². The minimum Gasteiger partial charge on any atom is -0.279 e. The number of nitrogens with one attached hydrogen (secondary N) is 1. The van der Waals surface area contributed by atoms with Gasteiger partial charge in [0.2, 0.25) is 0 Å². The zero-order valence-electron chi connectivity index (χ0n) is 10.9. The van der Waals surface area contributed by atoms with E-state index in [0.29, 0.717) is 11.2 Å². The fraction of sp³-hybridized carbons (Fsp3) is 0.0769. The molecule has 2 aromatic carbocycles. The van der Waals surface area contributed by atoms with Crippen molar-refractivity contribution in [2.45, 2.75) is 11.8 Å². The van der Waals surface area contributed by atoms with Crippen molar-refractivity contribution in [1.82, 2.24) is 8.75 Å². The Bertz CT molecular complexity index is 922. The number of rotatable bonds is 3. The van der Waals surface area contributed by atoms with Gasteiger partial charge in [-0.2, -0.15) is 8.75 Å². The van der Waals surface area contributed by atoms with E-state index in [-0.39, 0.29) is 15.4 Å². The van der Waals surface area contributed by atoms with Crippen LogP contribution in [0, 0.1) is 6.92 Å². The number of sulfonamides is 1. The van der Waals surface area contributed by atoms with Gasteiger partial charge in [-0.1, -0.05) is 29.8 Å². The minimum absolute atomic E-state index is 0.0429. The van der Waals surface area contributed by atoms with Crippen LogP contribution in [0.25, 0.3) is 11.0 Å². The minimum atomic E-state index is -3.84. The highest BCUT2D eigenvalue weighted by molar-refractivity contribution is 7.93. The largest absolute Gasteiger partial charge is 0.279 e. The van der Waals surface area contributed by atoms with E-state index in [1.54, 1.807) is 18.2 Å². The summed E-state index contributed by atoms with van der Waals surface area (Å²) in [6.07, 6.45) is 0. The molecule has 0 aliphatic heterocycles. The molecule has 1 aromatic heterocycles. The van der Waals surface area contributed by atoms with E-state index >= 15 is 0 Å². The van der Waals surface area contributed by atoms with E-state index < -0.39 is 10.0 Å². The summed E-state index contributed by atoms with van der Waals surface area (Å²) in [6.45, 7) is 1.82. The maximum Gasteiger partial charge on any atom is 0.265 e. The predicted molar refractivity (Wildman–Crippen MR) is 84.4 cm³/mol. The van der Waals surface area contributed by atoms with E-state index in [1.807, 2.05) is 19.1 Å². The zero-order chi connectivity index (χ0) is 15.0. The molecule has 8 heteroatoms. The van der Waals surface area contributed by atoms with Crippen LogP contribution < -0.4 is 4.72 Å². The molecule has 3 aromatic rings. The molecule has 108 valence electrons. The highest BCUT2D eigenvalue weighted by Crippen LogP contribution is 2.31. The molecule has 0 fully saturated rings. The van der Waals surface area contributed by atoms with Crippen LogP contribution in [0.3, 0.4) is 0 Å². The lowest BCUT2D eigenvalue weighted by Gasteiger charge is -2.11. The van der Waals surface area contributed by atoms with Crippen molar-refractivity contribution in [3.63, 3.8) is 0 Å². The summed E-state index contributed by atoms with van der Waals surface area (Å²) in [7, 11) is -3.84. The molecule has 0 unspecified atom stereocenters. The summed E-state index contributed by atoms with van der Waals surface area (Å²) >= 11 is 7.02. The summed E-state index contributed by atoms with van der Waals surface area (Å²) in [5, 5.41) is 0.122. The van der Waals surface area contributed by atoms with Crippen molar-refractivity contribution >= 4 is 50.1 Å². The summed E-state index contributed by atoms with van der Waals surface area (Å²) in [6, 6.07) is 10.3. The lowest BCUT2D eigenvalue weighted by molar-refractivity contribution is 0.602. The number of para-hydroxylation sites is 1. The first-order valence-electron chi connectivity index (χ1n) is 5.98. The van der Waals surface area contributed by atoms with Gasteiger partial charge in [-0.05, 0) is 30.7 Å². The van der Waals surface area contributed by atoms with Crippen molar-refractivity contribution in [3.05, 3.63) is 47.0 Å². The van der Waals surface area contributed by atoms with E-state index in [4.69, 9.17) is 11.6 Å². The standard InChI is InChI=1S/C13H10ClN3O2S2/c1-8-4-2-3-5-10(8)17-21(18,19)13-9(14)6-7-11-12(13)16-20-15-11/h2-7,17H,1H3. The van der Waals surface area contributed by atoms with Crippen LogP contribution in [-0.4, -0.2) is 17.2 Å². The number of hydrogen-bond donors (Lipinski definition) is 1. The molecule has 21 heavy (non-hydrogen) atoms. The van der Waals surface area contributed by atoms with Gasteiger partial charge in [0.1, 0.15) is 15.9 Å². The first-order valence-corrected chi connectivity index (χ1v) is 8.57. The second-order valence-electron chi connectivity index (χ2n) is 4.43. The van der Waals surface area contributed by atoms with Crippen molar-refractivity contribution in [2.75, 3.05) is 4.72 Å². The van der Waals surface area contributed by atoms with Crippen molar-refractivity contribution in [3.8, 4) is 0 Å². The third kappa shape index (κ3) is 2.59. The van der Waals surface area contributed by atoms with Gasteiger partial charge in [-0.25, -0.2) is 8.42 Å². The third-order valence-electron chi connectivity index (χ3n) is 2.99. The van der Waals surface area contributed by atoms with Crippen LogP contribution in [0.5, 0.6) is 0 Å². The second kappa shape index (κ2) is 5.25. The van der Waals surface area contributed by atoms with E-state index in [2.05, 4.69) is 13.5 Å².